The lowest BCUT2D eigenvalue weighted by Gasteiger charge is -2.34. The minimum Gasteiger partial charge on any atom is -0.496 e. The number of hydrogen-bond acceptors (Lipinski definition) is 5. The van der Waals surface area contributed by atoms with E-state index < -0.39 is 0 Å². The molecule has 1 aliphatic carbocycles. The maximum atomic E-state index is 13.5. The van der Waals surface area contributed by atoms with E-state index in [9.17, 15) is 9.18 Å². The van der Waals surface area contributed by atoms with Crippen molar-refractivity contribution in [1.82, 2.24) is 0 Å². The van der Waals surface area contributed by atoms with Crippen LogP contribution in [-0.4, -0.2) is 12.9 Å². The summed E-state index contributed by atoms with van der Waals surface area (Å²) in [5.74, 6) is 1.09. The number of allylic oxidation sites excluding steroid dienone is 1. The summed E-state index contributed by atoms with van der Waals surface area (Å²) < 4.78 is 24.8. The number of carbonyl (C=O) groups is 1. The van der Waals surface area contributed by atoms with Gasteiger partial charge in [-0.3, -0.25) is 4.79 Å². The van der Waals surface area contributed by atoms with Gasteiger partial charge in [0.1, 0.15) is 23.9 Å². The van der Waals surface area contributed by atoms with E-state index in [-0.39, 0.29) is 29.7 Å². The smallest absolute Gasteiger partial charge is 0.163 e. The molecule has 5 rings (SSSR count). The molecular weight excluding hydrogens is 443 g/mol. The first kappa shape index (κ1) is 23.0. The van der Waals surface area contributed by atoms with Crippen molar-refractivity contribution < 1.29 is 18.7 Å². The molecule has 5 nitrogen and oxygen atoms in total. The van der Waals surface area contributed by atoms with E-state index >= 15 is 0 Å². The fourth-order valence-corrected chi connectivity index (χ4v) is 4.92. The van der Waals surface area contributed by atoms with E-state index in [1.54, 1.807) is 19.2 Å². The highest BCUT2D eigenvalue weighted by atomic mass is 19.1. The number of ketones is 1. The van der Waals surface area contributed by atoms with Gasteiger partial charge in [-0.25, -0.2) is 4.39 Å². The topological polar surface area (TPSA) is 59.6 Å². The first-order valence-corrected chi connectivity index (χ1v) is 11.8. The number of benzene rings is 3. The molecule has 0 fully saturated rings. The van der Waals surface area contributed by atoms with Crippen LogP contribution < -0.4 is 20.1 Å². The molecule has 1 atom stereocenters. The minimum atomic E-state index is -0.319. The standard InChI is InChI=1S/C29H29FN2O3/c1-29(2)15-24-27(25(33)16-29)28(32-23-7-5-4-6-22(23)31-24)18-8-13-26(34-3)19(14-18)17-35-21-11-9-20(30)10-12-21/h4-14,28,31-32H,15-17H2,1-3H3. The molecule has 35 heavy (non-hydrogen) atoms. The van der Waals surface area contributed by atoms with Gasteiger partial charge in [-0.15, -0.1) is 0 Å². The summed E-state index contributed by atoms with van der Waals surface area (Å²) in [7, 11) is 1.62. The average molecular weight is 473 g/mol. The van der Waals surface area contributed by atoms with Crippen LogP contribution in [0.25, 0.3) is 0 Å². The third-order valence-electron chi connectivity index (χ3n) is 6.57. The Balaban J connectivity index is 1.54. The molecule has 0 saturated carbocycles. The number of ether oxygens (including phenoxy) is 2. The number of Topliss-reactive ketones (excluding diaryl/α,β-unsaturated/α-hetero) is 1. The Hall–Kier alpha value is -3.80. The lowest BCUT2D eigenvalue weighted by atomic mass is 9.73. The summed E-state index contributed by atoms with van der Waals surface area (Å²) in [5, 5.41) is 7.16. The number of halogens is 1. The molecule has 0 spiro atoms. The second kappa shape index (κ2) is 9.10. The quantitative estimate of drug-likeness (QED) is 0.436. The molecular formula is C29H29FN2O3. The molecule has 1 aliphatic heterocycles. The predicted molar refractivity (Wildman–Crippen MR) is 135 cm³/mol. The third-order valence-corrected chi connectivity index (χ3v) is 6.57. The molecule has 0 saturated heterocycles. The Bertz CT molecular complexity index is 1300. The van der Waals surface area contributed by atoms with Crippen molar-refractivity contribution >= 4 is 17.2 Å². The maximum Gasteiger partial charge on any atom is 0.163 e. The molecule has 1 heterocycles. The zero-order valence-electron chi connectivity index (χ0n) is 20.2. The number of para-hydroxylation sites is 2. The molecule has 6 heteroatoms. The number of anilines is 2. The van der Waals surface area contributed by atoms with Crippen LogP contribution in [-0.2, 0) is 11.4 Å². The monoisotopic (exact) mass is 472 g/mol. The summed E-state index contributed by atoms with van der Waals surface area (Å²) in [6, 6.07) is 19.5. The largest absolute Gasteiger partial charge is 0.496 e. The molecule has 3 aromatic carbocycles. The second-order valence-electron chi connectivity index (χ2n) is 9.89. The number of fused-ring (bicyclic) bond motifs is 1. The third kappa shape index (κ3) is 4.74. The molecule has 0 amide bonds. The van der Waals surface area contributed by atoms with Crippen LogP contribution in [0.4, 0.5) is 15.8 Å². The number of rotatable bonds is 5. The maximum absolute atomic E-state index is 13.5. The van der Waals surface area contributed by atoms with Crippen molar-refractivity contribution in [3.05, 3.63) is 94.9 Å². The van der Waals surface area contributed by atoms with Crippen LogP contribution in [0, 0.1) is 11.2 Å². The van der Waals surface area contributed by atoms with Gasteiger partial charge in [-0.05, 0) is 65.9 Å². The molecule has 3 aromatic rings. The molecule has 1 unspecified atom stereocenters. The van der Waals surface area contributed by atoms with Crippen LogP contribution in [0.1, 0.15) is 43.9 Å². The summed E-state index contributed by atoms with van der Waals surface area (Å²) in [4.78, 5) is 13.5. The predicted octanol–water partition coefficient (Wildman–Crippen LogP) is 6.64. The molecule has 2 aliphatic rings. The first-order valence-electron chi connectivity index (χ1n) is 11.8. The zero-order chi connectivity index (χ0) is 24.6. The van der Waals surface area contributed by atoms with Gasteiger partial charge in [0.25, 0.3) is 0 Å². The normalized spacial score (nSPS) is 18.5. The zero-order valence-corrected chi connectivity index (χ0v) is 20.2. The Kier molecular flexibility index (Phi) is 5.97. The molecule has 0 bridgehead atoms. The molecule has 0 aromatic heterocycles. The van der Waals surface area contributed by atoms with E-state index in [0.717, 1.165) is 40.2 Å². The number of methoxy groups -OCH3 is 1. The Morgan fingerprint density at radius 1 is 1.00 bits per heavy atom. The van der Waals surface area contributed by atoms with Crippen molar-refractivity contribution in [3.63, 3.8) is 0 Å². The van der Waals surface area contributed by atoms with E-state index in [4.69, 9.17) is 9.47 Å². The number of nitrogens with one attached hydrogen (secondary N) is 2. The van der Waals surface area contributed by atoms with Gasteiger partial charge in [0.2, 0.25) is 0 Å². The molecule has 180 valence electrons. The number of carbonyl (C=O) groups excluding carboxylic acids is 1. The lowest BCUT2D eigenvalue weighted by molar-refractivity contribution is -0.118. The first-order chi connectivity index (χ1) is 16.8. The van der Waals surface area contributed by atoms with Gasteiger partial charge in [0.05, 0.1) is 24.5 Å². The summed E-state index contributed by atoms with van der Waals surface area (Å²) in [5.41, 5.74) is 5.32. The summed E-state index contributed by atoms with van der Waals surface area (Å²) >= 11 is 0. The van der Waals surface area contributed by atoms with Crippen LogP contribution in [0.3, 0.4) is 0 Å². The average Bonchev–Trinajstić information content (AvgIpc) is 2.99. The lowest BCUT2D eigenvalue weighted by Crippen LogP contribution is -2.31. The summed E-state index contributed by atoms with van der Waals surface area (Å²) in [6.45, 7) is 4.51. The Morgan fingerprint density at radius 2 is 1.74 bits per heavy atom. The van der Waals surface area contributed by atoms with Crippen molar-refractivity contribution in [3.8, 4) is 11.5 Å². The Morgan fingerprint density at radius 3 is 2.49 bits per heavy atom. The van der Waals surface area contributed by atoms with E-state index in [0.29, 0.717) is 17.9 Å². The van der Waals surface area contributed by atoms with Gasteiger partial charge in [0, 0.05) is 23.3 Å². The van der Waals surface area contributed by atoms with Gasteiger partial charge in [0.15, 0.2) is 5.78 Å². The van der Waals surface area contributed by atoms with Crippen LogP contribution in [0.2, 0.25) is 0 Å². The van der Waals surface area contributed by atoms with Crippen molar-refractivity contribution in [2.45, 2.75) is 39.3 Å². The van der Waals surface area contributed by atoms with Crippen LogP contribution >= 0.6 is 0 Å². The minimum absolute atomic E-state index is 0.110. The highest BCUT2D eigenvalue weighted by Gasteiger charge is 2.38. The van der Waals surface area contributed by atoms with Gasteiger partial charge in [-0.2, -0.15) is 0 Å². The highest BCUT2D eigenvalue weighted by molar-refractivity contribution is 6.01. The van der Waals surface area contributed by atoms with Gasteiger partial charge < -0.3 is 20.1 Å². The van der Waals surface area contributed by atoms with Gasteiger partial charge >= 0.3 is 0 Å². The molecule has 0 radical (unpaired) electrons. The summed E-state index contributed by atoms with van der Waals surface area (Å²) in [6.07, 6.45) is 1.29. The SMILES string of the molecule is COc1ccc(C2Nc3ccccc3NC3=C2C(=O)CC(C)(C)C3)cc1COc1ccc(F)cc1. The fraction of sp³-hybridized carbons (Fsp3) is 0.276. The van der Waals surface area contributed by atoms with Crippen molar-refractivity contribution in [1.29, 1.82) is 0 Å². The van der Waals surface area contributed by atoms with Crippen LogP contribution in [0.15, 0.2) is 78.0 Å². The number of hydrogen-bond donors (Lipinski definition) is 2. The van der Waals surface area contributed by atoms with E-state index in [1.165, 1.54) is 12.1 Å². The van der Waals surface area contributed by atoms with E-state index in [1.807, 2.05) is 42.5 Å². The van der Waals surface area contributed by atoms with Crippen molar-refractivity contribution in [2.75, 3.05) is 17.7 Å². The highest BCUT2D eigenvalue weighted by Crippen LogP contribution is 2.45. The van der Waals surface area contributed by atoms with Gasteiger partial charge in [-0.1, -0.05) is 32.0 Å². The van der Waals surface area contributed by atoms with Crippen LogP contribution in [0.5, 0.6) is 11.5 Å². The second-order valence-corrected chi connectivity index (χ2v) is 9.89. The van der Waals surface area contributed by atoms with Crippen molar-refractivity contribution in [2.24, 2.45) is 5.41 Å². The Labute approximate surface area is 205 Å². The fourth-order valence-electron chi connectivity index (χ4n) is 4.92. The molecule has 2 N–H and O–H groups in total. The van der Waals surface area contributed by atoms with E-state index in [2.05, 4.69) is 24.5 Å².